The van der Waals surface area contributed by atoms with Crippen molar-refractivity contribution < 1.29 is 4.79 Å². The second-order valence-electron chi connectivity index (χ2n) is 5.88. The molecular formula is C18H18ClN5O. The molecule has 3 aromatic rings. The maximum absolute atomic E-state index is 12.5. The summed E-state index contributed by atoms with van der Waals surface area (Å²) in [6.45, 7) is 4.32. The first kappa shape index (κ1) is 17.0. The highest BCUT2D eigenvalue weighted by Crippen LogP contribution is 2.19. The molecule has 3 rings (SSSR count). The quantitative estimate of drug-likeness (QED) is 0.750. The average molecular weight is 356 g/mol. The lowest BCUT2D eigenvalue weighted by molar-refractivity contribution is 0.102. The van der Waals surface area contributed by atoms with Crippen molar-refractivity contribution in [3.63, 3.8) is 0 Å². The Kier molecular flexibility index (Phi) is 4.72. The third-order valence-corrected chi connectivity index (χ3v) is 4.08. The van der Waals surface area contributed by atoms with E-state index in [4.69, 9.17) is 17.3 Å². The smallest absolute Gasteiger partial charge is 0.280 e. The molecular weight excluding hydrogens is 338 g/mol. The van der Waals surface area contributed by atoms with Crippen LogP contribution in [-0.2, 0) is 6.54 Å². The van der Waals surface area contributed by atoms with Gasteiger partial charge in [-0.3, -0.25) is 4.79 Å². The first-order valence-corrected chi connectivity index (χ1v) is 8.14. The minimum Gasteiger partial charge on any atom is -0.382 e. The standard InChI is InChI=1S/C18H18ClN5O/c1-11-6-7-15(12(2)8-11)21-18(25)16-17(20)24(23-22-16)10-13-4-3-5-14(19)9-13/h3-9H,10,20H2,1-2H3,(H,21,25). The van der Waals surface area contributed by atoms with E-state index in [0.29, 0.717) is 11.6 Å². The first-order valence-electron chi connectivity index (χ1n) is 7.76. The molecule has 7 heteroatoms. The number of rotatable bonds is 4. The van der Waals surface area contributed by atoms with E-state index in [1.807, 2.05) is 50.2 Å². The zero-order chi connectivity index (χ0) is 18.0. The van der Waals surface area contributed by atoms with Gasteiger partial charge in [0.2, 0.25) is 0 Å². The van der Waals surface area contributed by atoms with E-state index in [1.165, 1.54) is 4.68 Å². The number of anilines is 2. The van der Waals surface area contributed by atoms with E-state index < -0.39 is 0 Å². The second-order valence-corrected chi connectivity index (χ2v) is 6.32. The molecule has 3 N–H and O–H groups in total. The maximum atomic E-state index is 12.5. The molecule has 1 heterocycles. The molecule has 0 spiro atoms. The zero-order valence-electron chi connectivity index (χ0n) is 14.0. The molecule has 0 atom stereocenters. The molecule has 0 aliphatic rings. The van der Waals surface area contributed by atoms with Crippen molar-refractivity contribution >= 4 is 29.0 Å². The molecule has 128 valence electrons. The van der Waals surface area contributed by atoms with Gasteiger partial charge in [0.05, 0.1) is 6.54 Å². The fraction of sp³-hybridized carbons (Fsp3) is 0.167. The lowest BCUT2D eigenvalue weighted by Crippen LogP contribution is -2.16. The van der Waals surface area contributed by atoms with Gasteiger partial charge in [-0.15, -0.1) is 5.10 Å². The van der Waals surface area contributed by atoms with Crippen LogP contribution in [0.3, 0.4) is 0 Å². The second kappa shape index (κ2) is 6.94. The van der Waals surface area contributed by atoms with Crippen LogP contribution in [0.2, 0.25) is 5.02 Å². The Labute approximate surface area is 150 Å². The number of carbonyl (C=O) groups excluding carboxylic acids is 1. The molecule has 0 saturated heterocycles. The molecule has 0 radical (unpaired) electrons. The van der Waals surface area contributed by atoms with Crippen LogP contribution in [0, 0.1) is 13.8 Å². The summed E-state index contributed by atoms with van der Waals surface area (Å²) >= 11 is 5.98. The van der Waals surface area contributed by atoms with Gasteiger partial charge in [-0.2, -0.15) is 0 Å². The molecule has 25 heavy (non-hydrogen) atoms. The van der Waals surface area contributed by atoms with E-state index in [2.05, 4.69) is 15.6 Å². The van der Waals surface area contributed by atoms with Crippen molar-refractivity contribution in [3.8, 4) is 0 Å². The van der Waals surface area contributed by atoms with Crippen molar-refractivity contribution in [2.24, 2.45) is 0 Å². The molecule has 0 fully saturated rings. The minimum atomic E-state index is -0.387. The molecule has 2 aromatic carbocycles. The summed E-state index contributed by atoms with van der Waals surface area (Å²) in [6.07, 6.45) is 0. The topological polar surface area (TPSA) is 85.8 Å². The fourth-order valence-electron chi connectivity index (χ4n) is 2.54. The summed E-state index contributed by atoms with van der Waals surface area (Å²) in [6, 6.07) is 13.1. The predicted molar refractivity (Wildman–Crippen MR) is 98.9 cm³/mol. The Morgan fingerprint density at radius 1 is 1.24 bits per heavy atom. The van der Waals surface area contributed by atoms with Crippen LogP contribution >= 0.6 is 11.6 Å². The van der Waals surface area contributed by atoms with Gasteiger partial charge in [0.25, 0.3) is 5.91 Å². The van der Waals surface area contributed by atoms with Crippen LogP contribution in [-0.4, -0.2) is 20.9 Å². The van der Waals surface area contributed by atoms with Gasteiger partial charge in [0.1, 0.15) is 0 Å². The van der Waals surface area contributed by atoms with Crippen LogP contribution in [0.5, 0.6) is 0 Å². The predicted octanol–water partition coefficient (Wildman–Crippen LogP) is 3.43. The highest BCUT2D eigenvalue weighted by atomic mass is 35.5. The third-order valence-electron chi connectivity index (χ3n) is 3.84. The summed E-state index contributed by atoms with van der Waals surface area (Å²) in [7, 11) is 0. The Morgan fingerprint density at radius 3 is 2.76 bits per heavy atom. The highest BCUT2D eigenvalue weighted by Gasteiger charge is 2.18. The van der Waals surface area contributed by atoms with Gasteiger partial charge in [0, 0.05) is 10.7 Å². The lowest BCUT2D eigenvalue weighted by atomic mass is 10.1. The number of hydrogen-bond acceptors (Lipinski definition) is 4. The molecule has 1 amide bonds. The number of amides is 1. The summed E-state index contributed by atoms with van der Waals surface area (Å²) in [5, 5.41) is 11.4. The Balaban J connectivity index is 1.79. The minimum absolute atomic E-state index is 0.0991. The fourth-order valence-corrected chi connectivity index (χ4v) is 2.76. The number of nitrogen functional groups attached to an aromatic ring is 1. The number of nitrogens with zero attached hydrogens (tertiary/aromatic N) is 3. The molecule has 0 unspecified atom stereocenters. The van der Waals surface area contributed by atoms with Crippen LogP contribution in [0.1, 0.15) is 27.2 Å². The lowest BCUT2D eigenvalue weighted by Gasteiger charge is -2.08. The molecule has 1 aromatic heterocycles. The van der Waals surface area contributed by atoms with E-state index in [0.717, 1.165) is 22.4 Å². The van der Waals surface area contributed by atoms with E-state index in [1.54, 1.807) is 6.07 Å². The summed E-state index contributed by atoms with van der Waals surface area (Å²) in [5.41, 5.74) is 9.89. The molecule has 0 aliphatic carbocycles. The normalized spacial score (nSPS) is 10.7. The van der Waals surface area contributed by atoms with Crippen molar-refractivity contribution in [1.82, 2.24) is 15.0 Å². The molecule has 0 aliphatic heterocycles. The maximum Gasteiger partial charge on any atom is 0.280 e. The third kappa shape index (κ3) is 3.80. The number of halogens is 1. The van der Waals surface area contributed by atoms with Gasteiger partial charge in [-0.25, -0.2) is 4.68 Å². The van der Waals surface area contributed by atoms with Crippen molar-refractivity contribution in [3.05, 3.63) is 69.9 Å². The molecule has 6 nitrogen and oxygen atoms in total. The van der Waals surface area contributed by atoms with E-state index in [-0.39, 0.29) is 17.4 Å². The van der Waals surface area contributed by atoms with Crippen molar-refractivity contribution in [2.75, 3.05) is 11.1 Å². The van der Waals surface area contributed by atoms with Crippen LogP contribution in [0.4, 0.5) is 11.5 Å². The Hall–Kier alpha value is -2.86. The number of benzene rings is 2. The van der Waals surface area contributed by atoms with E-state index in [9.17, 15) is 4.79 Å². The number of carbonyl (C=O) groups is 1. The number of aryl methyl sites for hydroxylation is 2. The number of hydrogen-bond donors (Lipinski definition) is 2. The summed E-state index contributed by atoms with van der Waals surface area (Å²) < 4.78 is 1.47. The first-order chi connectivity index (χ1) is 11.9. The van der Waals surface area contributed by atoms with Crippen LogP contribution in [0.15, 0.2) is 42.5 Å². The van der Waals surface area contributed by atoms with Crippen molar-refractivity contribution in [1.29, 1.82) is 0 Å². The largest absolute Gasteiger partial charge is 0.382 e. The summed E-state index contributed by atoms with van der Waals surface area (Å²) in [4.78, 5) is 12.5. The number of aromatic nitrogens is 3. The molecule has 0 bridgehead atoms. The monoisotopic (exact) mass is 355 g/mol. The van der Waals surface area contributed by atoms with Gasteiger partial charge in [-0.1, -0.05) is 46.6 Å². The summed E-state index contributed by atoms with van der Waals surface area (Å²) in [5.74, 6) is -0.177. The van der Waals surface area contributed by atoms with Gasteiger partial charge in [0.15, 0.2) is 11.5 Å². The Morgan fingerprint density at radius 2 is 2.04 bits per heavy atom. The van der Waals surface area contributed by atoms with Gasteiger partial charge >= 0.3 is 0 Å². The SMILES string of the molecule is Cc1ccc(NC(=O)c2nnn(Cc3cccc(Cl)c3)c2N)c(C)c1. The van der Waals surface area contributed by atoms with Crippen LogP contribution in [0.25, 0.3) is 0 Å². The molecule has 0 saturated carbocycles. The highest BCUT2D eigenvalue weighted by molar-refractivity contribution is 6.30. The van der Waals surface area contributed by atoms with E-state index >= 15 is 0 Å². The van der Waals surface area contributed by atoms with Crippen LogP contribution < -0.4 is 11.1 Å². The number of nitrogens with two attached hydrogens (primary N) is 1. The number of nitrogens with one attached hydrogen (secondary N) is 1. The van der Waals surface area contributed by atoms with Gasteiger partial charge < -0.3 is 11.1 Å². The van der Waals surface area contributed by atoms with Gasteiger partial charge in [-0.05, 0) is 43.2 Å². The Bertz CT molecular complexity index is 935. The van der Waals surface area contributed by atoms with Crippen molar-refractivity contribution in [2.45, 2.75) is 20.4 Å². The zero-order valence-corrected chi connectivity index (χ0v) is 14.7. The average Bonchev–Trinajstić information content (AvgIpc) is 2.91.